The first kappa shape index (κ1) is 12.6. The van der Waals surface area contributed by atoms with Crippen LogP contribution in [0.25, 0.3) is 0 Å². The Balaban J connectivity index is 1.65. The molecular formula is C16H16N2O3. The monoisotopic (exact) mass is 284 g/mol. The molecule has 1 aromatic carbocycles. The smallest absolute Gasteiger partial charge is 0.277 e. The maximum atomic E-state index is 12.7. The van der Waals surface area contributed by atoms with Gasteiger partial charge in [-0.25, -0.2) is 4.79 Å². The minimum atomic E-state index is -0.970. The van der Waals surface area contributed by atoms with Crippen LogP contribution in [0.3, 0.4) is 0 Å². The van der Waals surface area contributed by atoms with E-state index < -0.39 is 17.4 Å². The molecule has 5 nitrogen and oxygen atoms in total. The Hall–Kier alpha value is -2.17. The van der Waals surface area contributed by atoms with Crippen molar-refractivity contribution < 1.29 is 14.4 Å². The molecule has 1 N–H and O–H groups in total. The van der Waals surface area contributed by atoms with Gasteiger partial charge in [-0.15, -0.1) is 0 Å². The second kappa shape index (κ2) is 4.16. The SMILES string of the molecule is O=C1NC(=O)C2(CCC2)C(=O)N1C1Cc2ccccc2C1. The van der Waals surface area contributed by atoms with E-state index in [1.807, 2.05) is 24.3 Å². The van der Waals surface area contributed by atoms with Crippen LogP contribution in [0.4, 0.5) is 4.79 Å². The summed E-state index contributed by atoms with van der Waals surface area (Å²) in [7, 11) is 0. The fourth-order valence-corrected chi connectivity index (χ4v) is 3.72. The van der Waals surface area contributed by atoms with Crippen LogP contribution in [0.15, 0.2) is 24.3 Å². The lowest BCUT2D eigenvalue weighted by atomic mass is 9.66. The lowest BCUT2D eigenvalue weighted by molar-refractivity contribution is -0.159. The average molecular weight is 284 g/mol. The van der Waals surface area contributed by atoms with Crippen LogP contribution in [-0.4, -0.2) is 28.8 Å². The van der Waals surface area contributed by atoms with Crippen molar-refractivity contribution in [2.45, 2.75) is 38.1 Å². The molecule has 0 bridgehead atoms. The molecule has 2 fully saturated rings. The van der Waals surface area contributed by atoms with Crippen LogP contribution in [0.5, 0.6) is 0 Å². The molecule has 0 aromatic heterocycles. The van der Waals surface area contributed by atoms with Gasteiger partial charge in [0, 0.05) is 6.04 Å². The highest BCUT2D eigenvalue weighted by atomic mass is 16.2. The molecule has 4 rings (SSSR count). The number of benzene rings is 1. The van der Waals surface area contributed by atoms with Crippen LogP contribution >= 0.6 is 0 Å². The molecule has 2 aliphatic carbocycles. The van der Waals surface area contributed by atoms with Gasteiger partial charge in [0.15, 0.2) is 0 Å². The Labute approximate surface area is 122 Å². The highest BCUT2D eigenvalue weighted by molar-refractivity contribution is 6.19. The number of carbonyl (C=O) groups is 3. The van der Waals surface area contributed by atoms with Crippen molar-refractivity contribution in [2.75, 3.05) is 0 Å². The second-order valence-corrected chi connectivity index (χ2v) is 6.20. The number of rotatable bonds is 1. The summed E-state index contributed by atoms with van der Waals surface area (Å²) in [6.45, 7) is 0. The molecular weight excluding hydrogens is 268 g/mol. The summed E-state index contributed by atoms with van der Waals surface area (Å²) in [5.41, 5.74) is 1.40. The van der Waals surface area contributed by atoms with Crippen LogP contribution < -0.4 is 5.32 Å². The van der Waals surface area contributed by atoms with Crippen molar-refractivity contribution in [3.8, 4) is 0 Å². The van der Waals surface area contributed by atoms with Gasteiger partial charge in [-0.1, -0.05) is 30.7 Å². The summed E-state index contributed by atoms with van der Waals surface area (Å²) in [4.78, 5) is 38.2. The number of fused-ring (bicyclic) bond motifs is 1. The van der Waals surface area contributed by atoms with Gasteiger partial charge >= 0.3 is 6.03 Å². The Morgan fingerprint density at radius 3 is 2.19 bits per heavy atom. The predicted molar refractivity (Wildman–Crippen MR) is 74.3 cm³/mol. The maximum Gasteiger partial charge on any atom is 0.331 e. The first-order valence-corrected chi connectivity index (χ1v) is 7.38. The third kappa shape index (κ3) is 1.60. The summed E-state index contributed by atoms with van der Waals surface area (Å²) in [6, 6.07) is 7.28. The number of amides is 4. The molecule has 1 aromatic rings. The molecule has 1 aliphatic heterocycles. The van der Waals surface area contributed by atoms with Crippen LogP contribution in [-0.2, 0) is 22.4 Å². The van der Waals surface area contributed by atoms with Crippen molar-refractivity contribution in [1.29, 1.82) is 0 Å². The van der Waals surface area contributed by atoms with E-state index in [0.29, 0.717) is 25.7 Å². The van der Waals surface area contributed by atoms with Crippen molar-refractivity contribution >= 4 is 17.8 Å². The van der Waals surface area contributed by atoms with Gasteiger partial charge in [0.05, 0.1) is 0 Å². The maximum absolute atomic E-state index is 12.7. The first-order chi connectivity index (χ1) is 10.1. The van der Waals surface area contributed by atoms with E-state index in [0.717, 1.165) is 6.42 Å². The Morgan fingerprint density at radius 1 is 1.05 bits per heavy atom. The minimum Gasteiger partial charge on any atom is -0.277 e. The summed E-state index contributed by atoms with van der Waals surface area (Å²) < 4.78 is 0. The third-order valence-corrected chi connectivity index (χ3v) is 5.10. The predicted octanol–water partition coefficient (Wildman–Crippen LogP) is 1.40. The van der Waals surface area contributed by atoms with Gasteiger partial charge in [-0.2, -0.15) is 0 Å². The van der Waals surface area contributed by atoms with Crippen molar-refractivity contribution in [3.05, 3.63) is 35.4 Å². The van der Waals surface area contributed by atoms with Crippen LogP contribution in [0.1, 0.15) is 30.4 Å². The number of nitrogens with one attached hydrogen (secondary N) is 1. The minimum absolute atomic E-state index is 0.166. The van der Waals surface area contributed by atoms with E-state index in [4.69, 9.17) is 0 Å². The van der Waals surface area contributed by atoms with E-state index >= 15 is 0 Å². The topological polar surface area (TPSA) is 66.5 Å². The van der Waals surface area contributed by atoms with Crippen LogP contribution in [0, 0.1) is 5.41 Å². The lowest BCUT2D eigenvalue weighted by Gasteiger charge is -2.46. The fourth-order valence-electron chi connectivity index (χ4n) is 3.72. The number of urea groups is 1. The molecule has 0 atom stereocenters. The normalized spacial score (nSPS) is 24.0. The van der Waals surface area contributed by atoms with Crippen LogP contribution in [0.2, 0.25) is 0 Å². The van der Waals surface area contributed by atoms with Crippen molar-refractivity contribution in [2.24, 2.45) is 5.41 Å². The highest BCUT2D eigenvalue weighted by Gasteiger charge is 2.58. The van der Waals surface area contributed by atoms with Gasteiger partial charge in [0.1, 0.15) is 5.41 Å². The first-order valence-electron chi connectivity index (χ1n) is 7.38. The Morgan fingerprint density at radius 2 is 1.67 bits per heavy atom. The highest BCUT2D eigenvalue weighted by Crippen LogP contribution is 2.45. The molecule has 5 heteroatoms. The summed E-state index contributed by atoms with van der Waals surface area (Å²) in [5, 5.41) is 2.38. The number of carbonyl (C=O) groups excluding carboxylic acids is 3. The van der Waals surface area contributed by atoms with Gasteiger partial charge in [0.2, 0.25) is 11.8 Å². The molecule has 21 heavy (non-hydrogen) atoms. The molecule has 1 spiro atoms. The molecule has 4 amide bonds. The van der Waals surface area contributed by atoms with Gasteiger partial charge in [-0.05, 0) is 36.8 Å². The summed E-state index contributed by atoms with van der Waals surface area (Å²) in [5.74, 6) is -0.698. The molecule has 3 aliphatic rings. The number of nitrogens with zero attached hydrogens (tertiary/aromatic N) is 1. The molecule has 0 unspecified atom stereocenters. The zero-order chi connectivity index (χ0) is 14.6. The lowest BCUT2D eigenvalue weighted by Crippen LogP contribution is -2.68. The van der Waals surface area contributed by atoms with E-state index in [9.17, 15) is 14.4 Å². The zero-order valence-electron chi connectivity index (χ0n) is 11.6. The number of hydrogen-bond donors (Lipinski definition) is 1. The van der Waals surface area contributed by atoms with E-state index in [1.54, 1.807) is 0 Å². The van der Waals surface area contributed by atoms with E-state index in [-0.39, 0.29) is 11.9 Å². The molecule has 0 radical (unpaired) electrons. The average Bonchev–Trinajstić information content (AvgIpc) is 2.79. The Bertz CT molecular complexity index is 638. The third-order valence-electron chi connectivity index (χ3n) is 5.10. The second-order valence-electron chi connectivity index (χ2n) is 6.20. The zero-order valence-corrected chi connectivity index (χ0v) is 11.6. The molecule has 1 heterocycles. The fraction of sp³-hybridized carbons (Fsp3) is 0.438. The van der Waals surface area contributed by atoms with E-state index in [2.05, 4.69) is 5.32 Å². The molecule has 1 saturated heterocycles. The standard InChI is InChI=1S/C16H16N2O3/c19-13-16(6-3-7-16)14(20)18(15(21)17-13)12-8-10-4-1-2-5-11(10)9-12/h1-2,4-5,12H,3,6-9H2,(H,17,19,21). The quantitative estimate of drug-likeness (QED) is 0.793. The number of imide groups is 2. The Kier molecular flexibility index (Phi) is 2.49. The van der Waals surface area contributed by atoms with Crippen molar-refractivity contribution in [3.63, 3.8) is 0 Å². The number of barbiturate groups is 1. The van der Waals surface area contributed by atoms with Gasteiger partial charge in [0.25, 0.3) is 0 Å². The molecule has 1 saturated carbocycles. The largest absolute Gasteiger partial charge is 0.331 e. The van der Waals surface area contributed by atoms with E-state index in [1.165, 1.54) is 16.0 Å². The van der Waals surface area contributed by atoms with Gasteiger partial charge < -0.3 is 0 Å². The molecule has 108 valence electrons. The summed E-state index contributed by atoms with van der Waals surface area (Å²) in [6.07, 6.45) is 3.34. The van der Waals surface area contributed by atoms with Crippen molar-refractivity contribution in [1.82, 2.24) is 10.2 Å². The summed E-state index contributed by atoms with van der Waals surface area (Å²) >= 11 is 0. The van der Waals surface area contributed by atoms with Gasteiger partial charge in [-0.3, -0.25) is 19.8 Å². The number of hydrogen-bond acceptors (Lipinski definition) is 3.